The van der Waals surface area contributed by atoms with Crippen LogP contribution in [0.4, 0.5) is 19.0 Å². The molecule has 2 unspecified atom stereocenters. The first-order valence-electron chi connectivity index (χ1n) is 8.00. The number of aliphatic hydroxyl groups excluding tert-OH is 1. The van der Waals surface area contributed by atoms with Crippen molar-refractivity contribution in [2.45, 2.75) is 30.9 Å². The highest BCUT2D eigenvalue weighted by Gasteiger charge is 2.52. The minimum Gasteiger partial charge on any atom is -0.387 e. The molecule has 23 heteroatoms. The van der Waals surface area contributed by atoms with Gasteiger partial charge in [-0.25, -0.2) is 18.5 Å². The molecule has 33 heavy (non-hydrogen) atoms. The molecule has 2 rings (SSSR count). The number of hydrogen-bond donors (Lipinski definition) is 6. The van der Waals surface area contributed by atoms with E-state index < -0.39 is 66.7 Å². The molecule has 0 aromatic carbocycles. The van der Waals surface area contributed by atoms with Crippen LogP contribution in [0.5, 0.6) is 0 Å². The average molecular weight is 551 g/mol. The number of anilines is 1. The van der Waals surface area contributed by atoms with E-state index >= 15 is 0 Å². The highest BCUT2D eigenvalue weighted by Crippen LogP contribution is 2.66. The Bertz CT molecular complexity index is 1060. The van der Waals surface area contributed by atoms with Crippen molar-refractivity contribution in [3.63, 3.8) is 0 Å². The first-order chi connectivity index (χ1) is 14.8. The summed E-state index contributed by atoms with van der Waals surface area (Å²) in [6.07, 6.45) is -13.0. The van der Waals surface area contributed by atoms with Gasteiger partial charge in [0.15, 0.2) is 6.23 Å². The van der Waals surface area contributed by atoms with E-state index in [0.29, 0.717) is 4.57 Å². The summed E-state index contributed by atoms with van der Waals surface area (Å²) in [5, 5.41) is 10.1. The van der Waals surface area contributed by atoms with Gasteiger partial charge < -0.3 is 35.2 Å². The molecule has 0 amide bonds. The van der Waals surface area contributed by atoms with Crippen LogP contribution >= 0.6 is 23.5 Å². The molecular weight excluding hydrogens is 536 g/mol. The summed E-state index contributed by atoms with van der Waals surface area (Å²) in [4.78, 5) is 50.6. The standard InChI is InChI=1S/C10H15F3N3O14P3/c11-10(12,13)28-7-6(17)4(27-8(7)16-2-1-5(14)15-9(16)18)3-26-32(22,23)30-33(24,25)29-31(19,20)21/h1-2,4,6-8,17H,3H2,(H,22,23)(H,24,25)(H2,14,15,18)(H2,19,20,21)/t4-,6+,7-,8-/m1/s1. The monoisotopic (exact) mass is 551 g/mol. The van der Waals surface area contributed by atoms with Gasteiger partial charge in [-0.15, -0.1) is 13.2 Å². The number of phosphoric ester groups is 1. The second-order valence-corrected chi connectivity index (χ2v) is 10.4. The summed E-state index contributed by atoms with van der Waals surface area (Å²) in [5.74, 6) is -0.299. The predicted octanol–water partition coefficient (Wildman–Crippen LogP) is -0.668. The van der Waals surface area contributed by atoms with E-state index in [0.717, 1.165) is 12.3 Å². The molecule has 0 bridgehead atoms. The highest BCUT2D eigenvalue weighted by atomic mass is 31.3. The third-order valence-electron chi connectivity index (χ3n) is 3.53. The number of nitrogen functional groups attached to an aromatic ring is 1. The van der Waals surface area contributed by atoms with Crippen LogP contribution in [0.25, 0.3) is 0 Å². The summed E-state index contributed by atoms with van der Waals surface area (Å²) in [6.45, 7) is -1.31. The maximum atomic E-state index is 12.8. The molecule has 1 fully saturated rings. The molecule has 190 valence electrons. The van der Waals surface area contributed by atoms with Crippen molar-refractivity contribution in [2.75, 3.05) is 12.3 Å². The Morgan fingerprint density at radius 2 is 1.76 bits per heavy atom. The van der Waals surface area contributed by atoms with Crippen molar-refractivity contribution < 1.29 is 74.2 Å². The zero-order valence-corrected chi connectivity index (χ0v) is 18.2. The fraction of sp³-hybridized carbons (Fsp3) is 0.600. The quantitative estimate of drug-likeness (QED) is 0.208. The van der Waals surface area contributed by atoms with Crippen molar-refractivity contribution >= 4 is 29.3 Å². The number of aromatic nitrogens is 2. The molecular formula is C10H15F3N3O14P3. The Hall–Kier alpha value is -1.24. The van der Waals surface area contributed by atoms with Crippen molar-refractivity contribution in [1.29, 1.82) is 0 Å². The van der Waals surface area contributed by atoms with Crippen LogP contribution in [0.2, 0.25) is 0 Å². The molecule has 0 saturated carbocycles. The number of phosphoric acid groups is 3. The van der Waals surface area contributed by atoms with Crippen molar-refractivity contribution in [3.05, 3.63) is 22.7 Å². The van der Waals surface area contributed by atoms with Gasteiger partial charge in [-0.05, 0) is 6.07 Å². The molecule has 1 aromatic rings. The number of halogens is 3. The third-order valence-corrected chi connectivity index (χ3v) is 7.33. The smallest absolute Gasteiger partial charge is 0.387 e. The molecule has 1 aliphatic heterocycles. The Morgan fingerprint density at radius 1 is 1.15 bits per heavy atom. The van der Waals surface area contributed by atoms with Crippen LogP contribution in [-0.2, 0) is 36.3 Å². The van der Waals surface area contributed by atoms with E-state index in [1.807, 2.05) is 0 Å². The van der Waals surface area contributed by atoms with Crippen molar-refractivity contribution in [3.8, 4) is 0 Å². The van der Waals surface area contributed by atoms with Gasteiger partial charge in [0.05, 0.1) is 6.61 Å². The maximum absolute atomic E-state index is 12.8. The normalized spacial score (nSPS) is 27.8. The first kappa shape index (κ1) is 28.0. The number of aliphatic hydroxyl groups is 1. The van der Waals surface area contributed by atoms with E-state index in [9.17, 15) is 41.7 Å². The highest BCUT2D eigenvalue weighted by molar-refractivity contribution is 7.66. The Balaban J connectivity index is 2.20. The van der Waals surface area contributed by atoms with Gasteiger partial charge in [-0.2, -0.15) is 13.6 Å². The summed E-state index contributed by atoms with van der Waals surface area (Å²) < 4.78 is 92.4. The Labute approximate surface area is 179 Å². The minimum absolute atomic E-state index is 0.299. The van der Waals surface area contributed by atoms with Crippen LogP contribution < -0.4 is 11.4 Å². The fourth-order valence-electron chi connectivity index (χ4n) is 2.45. The van der Waals surface area contributed by atoms with Gasteiger partial charge >= 0.3 is 35.5 Å². The molecule has 1 aromatic heterocycles. The number of nitrogens with zero attached hydrogens (tertiary/aromatic N) is 2. The van der Waals surface area contributed by atoms with E-state index in [4.69, 9.17) is 25.2 Å². The lowest BCUT2D eigenvalue weighted by atomic mass is 10.1. The molecule has 6 atom stereocenters. The number of nitrogens with two attached hydrogens (primary N) is 1. The summed E-state index contributed by atoms with van der Waals surface area (Å²) in [7, 11) is -17.2. The molecule has 17 nitrogen and oxygen atoms in total. The number of rotatable bonds is 9. The Kier molecular flexibility index (Phi) is 8.30. The SMILES string of the molecule is Nc1ccn([C@@H]2O[C@H](COP(=O)(O)OP(=O)(O)OP(=O)(O)O)[C@H](O)[C@H]2OC(F)(F)F)c(=O)n1. The van der Waals surface area contributed by atoms with Crippen LogP contribution in [0, 0.1) is 0 Å². The predicted molar refractivity (Wildman–Crippen MR) is 93.6 cm³/mol. The molecule has 0 radical (unpaired) electrons. The molecule has 0 spiro atoms. The second-order valence-electron chi connectivity index (χ2n) is 6.01. The van der Waals surface area contributed by atoms with Crippen molar-refractivity contribution in [1.82, 2.24) is 9.55 Å². The number of alkyl halides is 3. The molecule has 2 heterocycles. The largest absolute Gasteiger partial charge is 0.523 e. The van der Waals surface area contributed by atoms with E-state index in [2.05, 4.69) is 22.9 Å². The summed E-state index contributed by atoms with van der Waals surface area (Å²) in [6, 6.07) is 1.00. The summed E-state index contributed by atoms with van der Waals surface area (Å²) >= 11 is 0. The third kappa shape index (κ3) is 8.48. The molecule has 7 N–H and O–H groups in total. The lowest BCUT2D eigenvalue weighted by Crippen LogP contribution is -2.41. The van der Waals surface area contributed by atoms with Gasteiger partial charge in [0.1, 0.15) is 24.1 Å². The van der Waals surface area contributed by atoms with Crippen LogP contribution in [0.15, 0.2) is 17.1 Å². The van der Waals surface area contributed by atoms with Gasteiger partial charge in [0.2, 0.25) is 0 Å². The summed E-state index contributed by atoms with van der Waals surface area (Å²) in [5.41, 5.74) is 4.07. The minimum atomic E-state index is -5.87. The van der Waals surface area contributed by atoms with Gasteiger partial charge in [-0.3, -0.25) is 13.8 Å². The topological polar surface area (TPSA) is 259 Å². The van der Waals surface area contributed by atoms with Gasteiger partial charge in [0.25, 0.3) is 0 Å². The molecule has 1 aliphatic rings. The maximum Gasteiger partial charge on any atom is 0.523 e. The van der Waals surface area contributed by atoms with Crippen LogP contribution in [0.1, 0.15) is 6.23 Å². The number of hydrogen-bond acceptors (Lipinski definition) is 12. The lowest BCUT2D eigenvalue weighted by molar-refractivity contribution is -0.356. The van der Waals surface area contributed by atoms with Gasteiger partial charge in [0, 0.05) is 6.20 Å². The van der Waals surface area contributed by atoms with Crippen LogP contribution in [0.3, 0.4) is 0 Å². The van der Waals surface area contributed by atoms with E-state index in [-0.39, 0.29) is 5.82 Å². The average Bonchev–Trinajstić information content (AvgIpc) is 2.84. The van der Waals surface area contributed by atoms with Gasteiger partial charge in [-0.1, -0.05) is 0 Å². The fourth-order valence-corrected chi connectivity index (χ4v) is 5.48. The van der Waals surface area contributed by atoms with Crippen molar-refractivity contribution in [2.24, 2.45) is 0 Å². The molecule has 0 aliphatic carbocycles. The number of ether oxygens (including phenoxy) is 2. The van der Waals surface area contributed by atoms with E-state index in [1.54, 1.807) is 0 Å². The second kappa shape index (κ2) is 9.79. The molecule has 1 saturated heterocycles. The lowest BCUT2D eigenvalue weighted by Gasteiger charge is -2.23. The first-order valence-corrected chi connectivity index (χ1v) is 12.5. The zero-order chi connectivity index (χ0) is 25.4. The van der Waals surface area contributed by atoms with E-state index in [1.165, 1.54) is 0 Å². The van der Waals surface area contributed by atoms with Crippen LogP contribution in [-0.4, -0.2) is 65.5 Å². The Morgan fingerprint density at radius 3 is 2.27 bits per heavy atom. The zero-order valence-electron chi connectivity index (χ0n) is 15.5.